The molecule has 0 amide bonds. The van der Waals surface area contributed by atoms with Crippen molar-refractivity contribution < 1.29 is 4.39 Å². The SMILES string of the molecule is C=CCC=CCF. The molecule has 0 aliphatic carbocycles. The second-order valence-corrected chi connectivity index (χ2v) is 1.15. The molecule has 0 aromatic heterocycles. The van der Waals surface area contributed by atoms with Gasteiger partial charge in [-0.15, -0.1) is 6.58 Å². The summed E-state index contributed by atoms with van der Waals surface area (Å²) in [5.41, 5.74) is 0. The summed E-state index contributed by atoms with van der Waals surface area (Å²) in [5.74, 6) is 0. The molecule has 0 radical (unpaired) electrons. The van der Waals surface area contributed by atoms with Crippen LogP contribution >= 0.6 is 0 Å². The van der Waals surface area contributed by atoms with Gasteiger partial charge in [-0.1, -0.05) is 18.2 Å². The maximum atomic E-state index is 11.2. The van der Waals surface area contributed by atoms with Gasteiger partial charge in [0.2, 0.25) is 0 Å². The highest BCUT2D eigenvalue weighted by Crippen LogP contribution is 1.81. The Morgan fingerprint density at radius 3 is 2.57 bits per heavy atom. The van der Waals surface area contributed by atoms with Gasteiger partial charge in [0.15, 0.2) is 0 Å². The monoisotopic (exact) mass is 100 g/mol. The van der Waals surface area contributed by atoms with Gasteiger partial charge in [-0.2, -0.15) is 0 Å². The molecule has 0 aliphatic rings. The van der Waals surface area contributed by atoms with Gasteiger partial charge in [0.1, 0.15) is 6.67 Å². The van der Waals surface area contributed by atoms with Crippen LogP contribution in [0.15, 0.2) is 24.8 Å². The molecule has 1 heteroatoms. The summed E-state index contributed by atoms with van der Waals surface area (Å²) in [6.45, 7) is 3.09. The van der Waals surface area contributed by atoms with Gasteiger partial charge in [-0.25, -0.2) is 4.39 Å². The van der Waals surface area contributed by atoms with Crippen LogP contribution in [0, 0.1) is 0 Å². The zero-order chi connectivity index (χ0) is 5.54. The van der Waals surface area contributed by atoms with E-state index in [1.54, 1.807) is 12.2 Å². The van der Waals surface area contributed by atoms with Crippen molar-refractivity contribution >= 4 is 0 Å². The Morgan fingerprint density at radius 2 is 2.14 bits per heavy atom. The topological polar surface area (TPSA) is 0 Å². The van der Waals surface area contributed by atoms with Crippen LogP contribution in [-0.2, 0) is 0 Å². The average Bonchev–Trinajstić information content (AvgIpc) is 1.69. The summed E-state index contributed by atoms with van der Waals surface area (Å²) in [4.78, 5) is 0. The van der Waals surface area contributed by atoms with Crippen molar-refractivity contribution in [2.45, 2.75) is 6.42 Å². The molecule has 0 saturated carbocycles. The molecule has 0 rings (SSSR count). The third-order valence-electron chi connectivity index (χ3n) is 0.559. The normalized spacial score (nSPS) is 9.86. The Morgan fingerprint density at radius 1 is 1.43 bits per heavy atom. The minimum Gasteiger partial charge on any atom is -0.247 e. The van der Waals surface area contributed by atoms with E-state index in [9.17, 15) is 4.39 Å². The van der Waals surface area contributed by atoms with E-state index in [-0.39, 0.29) is 6.67 Å². The third-order valence-corrected chi connectivity index (χ3v) is 0.559. The fourth-order valence-electron chi connectivity index (χ4n) is 0.255. The molecule has 7 heavy (non-hydrogen) atoms. The van der Waals surface area contributed by atoms with Crippen LogP contribution in [0.5, 0.6) is 0 Å². The largest absolute Gasteiger partial charge is 0.247 e. The first-order valence-corrected chi connectivity index (χ1v) is 2.23. The van der Waals surface area contributed by atoms with E-state index >= 15 is 0 Å². The summed E-state index contributed by atoms with van der Waals surface area (Å²) in [6.07, 6.45) is 5.71. The van der Waals surface area contributed by atoms with Crippen LogP contribution in [0.3, 0.4) is 0 Å². The van der Waals surface area contributed by atoms with Crippen molar-refractivity contribution in [3.8, 4) is 0 Å². The van der Waals surface area contributed by atoms with Crippen LogP contribution in [0.2, 0.25) is 0 Å². The smallest absolute Gasteiger partial charge is 0.108 e. The lowest BCUT2D eigenvalue weighted by molar-refractivity contribution is 0.561. The third kappa shape index (κ3) is 5.41. The highest BCUT2D eigenvalue weighted by molar-refractivity contribution is 4.87. The lowest BCUT2D eigenvalue weighted by Crippen LogP contribution is -1.59. The molecule has 0 N–H and O–H groups in total. The minimum absolute atomic E-state index is 0.367. The van der Waals surface area contributed by atoms with Gasteiger partial charge < -0.3 is 0 Å². The van der Waals surface area contributed by atoms with Crippen molar-refractivity contribution in [1.29, 1.82) is 0 Å². The molecule has 0 atom stereocenters. The first-order valence-electron chi connectivity index (χ1n) is 2.23. The number of rotatable bonds is 3. The van der Waals surface area contributed by atoms with E-state index in [1.807, 2.05) is 0 Å². The van der Waals surface area contributed by atoms with Crippen LogP contribution in [-0.4, -0.2) is 6.67 Å². The molecule has 0 nitrogen and oxygen atoms in total. The lowest BCUT2D eigenvalue weighted by atomic mass is 10.4. The van der Waals surface area contributed by atoms with Crippen LogP contribution < -0.4 is 0 Å². The predicted octanol–water partition coefficient (Wildman–Crippen LogP) is 2.09. The van der Waals surface area contributed by atoms with Gasteiger partial charge in [0.05, 0.1) is 0 Å². The first kappa shape index (κ1) is 6.41. The minimum atomic E-state index is -0.367. The highest BCUT2D eigenvalue weighted by atomic mass is 19.1. The number of hydrogen-bond acceptors (Lipinski definition) is 0. The second-order valence-electron chi connectivity index (χ2n) is 1.15. The number of allylic oxidation sites excluding steroid dienone is 3. The first-order chi connectivity index (χ1) is 3.41. The van der Waals surface area contributed by atoms with E-state index in [4.69, 9.17) is 0 Å². The summed E-state index contributed by atoms with van der Waals surface area (Å²) in [6, 6.07) is 0. The summed E-state index contributed by atoms with van der Waals surface area (Å²) in [5, 5.41) is 0. The Hall–Kier alpha value is -0.590. The second kappa shape index (κ2) is 5.41. The van der Waals surface area contributed by atoms with E-state index in [1.165, 1.54) is 6.08 Å². The van der Waals surface area contributed by atoms with Crippen molar-refractivity contribution in [1.82, 2.24) is 0 Å². The van der Waals surface area contributed by atoms with Gasteiger partial charge in [-0.05, 0) is 6.42 Å². The molecule has 0 aromatic rings. The van der Waals surface area contributed by atoms with Crippen LogP contribution in [0.25, 0.3) is 0 Å². The van der Waals surface area contributed by atoms with Crippen molar-refractivity contribution in [2.75, 3.05) is 6.67 Å². The van der Waals surface area contributed by atoms with E-state index < -0.39 is 0 Å². The summed E-state index contributed by atoms with van der Waals surface area (Å²) in [7, 11) is 0. The standard InChI is InChI=1S/C6H9F/c1-2-3-4-5-6-7/h2,4-5H,1,3,6H2. The predicted molar refractivity (Wildman–Crippen MR) is 29.9 cm³/mol. The zero-order valence-corrected chi connectivity index (χ0v) is 4.23. The Labute approximate surface area is 43.4 Å². The fraction of sp³-hybridized carbons (Fsp3) is 0.333. The molecule has 0 unspecified atom stereocenters. The molecular weight excluding hydrogens is 91.1 g/mol. The fourth-order valence-corrected chi connectivity index (χ4v) is 0.255. The quantitative estimate of drug-likeness (QED) is 0.476. The maximum Gasteiger partial charge on any atom is 0.108 e. The van der Waals surface area contributed by atoms with Gasteiger partial charge >= 0.3 is 0 Å². The molecule has 0 aliphatic heterocycles. The molecule has 0 spiro atoms. The van der Waals surface area contributed by atoms with Crippen LogP contribution in [0.4, 0.5) is 4.39 Å². The van der Waals surface area contributed by atoms with Crippen LogP contribution in [0.1, 0.15) is 6.42 Å². The molecule has 0 saturated heterocycles. The van der Waals surface area contributed by atoms with E-state index in [0.29, 0.717) is 0 Å². The number of halogens is 1. The lowest BCUT2D eigenvalue weighted by Gasteiger charge is -1.73. The molecule has 0 bridgehead atoms. The van der Waals surface area contributed by atoms with Gasteiger partial charge in [0.25, 0.3) is 0 Å². The molecule has 0 heterocycles. The highest BCUT2D eigenvalue weighted by Gasteiger charge is 1.65. The Balaban J connectivity index is 2.92. The summed E-state index contributed by atoms with van der Waals surface area (Å²) >= 11 is 0. The molecule has 40 valence electrons. The Kier molecular flexibility index (Phi) is 4.95. The van der Waals surface area contributed by atoms with Crippen molar-refractivity contribution in [3.05, 3.63) is 24.8 Å². The van der Waals surface area contributed by atoms with Crippen molar-refractivity contribution in [2.24, 2.45) is 0 Å². The van der Waals surface area contributed by atoms with E-state index in [2.05, 4.69) is 6.58 Å². The zero-order valence-electron chi connectivity index (χ0n) is 4.23. The molecule has 0 fully saturated rings. The number of alkyl halides is 1. The summed E-state index contributed by atoms with van der Waals surface area (Å²) < 4.78 is 11.2. The Bertz CT molecular complexity index is 64.6. The molecule has 0 aromatic carbocycles. The van der Waals surface area contributed by atoms with E-state index in [0.717, 1.165) is 6.42 Å². The maximum absolute atomic E-state index is 11.2. The van der Waals surface area contributed by atoms with Gasteiger partial charge in [0, 0.05) is 0 Å². The number of hydrogen-bond donors (Lipinski definition) is 0. The molecular formula is C6H9F. The average molecular weight is 100 g/mol. The van der Waals surface area contributed by atoms with Crippen molar-refractivity contribution in [3.63, 3.8) is 0 Å². The van der Waals surface area contributed by atoms with Gasteiger partial charge in [-0.3, -0.25) is 0 Å².